The lowest BCUT2D eigenvalue weighted by Crippen LogP contribution is -2.11. The van der Waals surface area contributed by atoms with Gasteiger partial charge in [0, 0.05) is 5.69 Å². The van der Waals surface area contributed by atoms with E-state index in [4.69, 9.17) is 25.4 Å². The summed E-state index contributed by atoms with van der Waals surface area (Å²) in [6.45, 7) is 0.674. The number of nitrogen functional groups attached to an aromatic ring is 1. The van der Waals surface area contributed by atoms with Crippen molar-refractivity contribution in [2.75, 3.05) is 32.2 Å². The number of rotatable bonds is 7. The van der Waals surface area contributed by atoms with Crippen molar-refractivity contribution < 1.29 is 24.5 Å². The Labute approximate surface area is 98.6 Å². The van der Waals surface area contributed by atoms with Crippen LogP contribution in [-0.2, 0) is 4.74 Å². The highest BCUT2D eigenvalue weighted by Gasteiger charge is 2.11. The molecule has 17 heavy (non-hydrogen) atoms. The predicted molar refractivity (Wildman–Crippen MR) is 61.2 cm³/mol. The SMILES string of the molecule is Nc1ccc(OCCOCCO)c(C(=O)O)c1. The van der Waals surface area contributed by atoms with Gasteiger partial charge in [0.1, 0.15) is 17.9 Å². The van der Waals surface area contributed by atoms with Crippen LogP contribution in [0, 0.1) is 0 Å². The van der Waals surface area contributed by atoms with E-state index >= 15 is 0 Å². The van der Waals surface area contributed by atoms with Gasteiger partial charge in [-0.1, -0.05) is 0 Å². The van der Waals surface area contributed by atoms with Crippen LogP contribution in [0.3, 0.4) is 0 Å². The van der Waals surface area contributed by atoms with Gasteiger partial charge in [0.05, 0.1) is 19.8 Å². The predicted octanol–water partition coefficient (Wildman–Crippen LogP) is 0.355. The molecule has 0 spiro atoms. The molecule has 6 nitrogen and oxygen atoms in total. The van der Waals surface area contributed by atoms with E-state index in [0.29, 0.717) is 5.69 Å². The van der Waals surface area contributed by atoms with Crippen molar-refractivity contribution in [3.8, 4) is 5.75 Å². The summed E-state index contributed by atoms with van der Waals surface area (Å²) in [4.78, 5) is 10.9. The molecule has 0 aliphatic rings. The quantitative estimate of drug-likeness (QED) is 0.470. The lowest BCUT2D eigenvalue weighted by molar-refractivity contribution is 0.0657. The lowest BCUT2D eigenvalue weighted by Gasteiger charge is -2.09. The van der Waals surface area contributed by atoms with Crippen molar-refractivity contribution in [1.82, 2.24) is 0 Å². The minimum atomic E-state index is -1.09. The van der Waals surface area contributed by atoms with Crippen LogP contribution in [0.1, 0.15) is 10.4 Å². The third-order valence-corrected chi connectivity index (χ3v) is 1.95. The molecule has 0 unspecified atom stereocenters. The largest absolute Gasteiger partial charge is 0.490 e. The molecule has 0 bridgehead atoms. The second kappa shape index (κ2) is 6.72. The fourth-order valence-corrected chi connectivity index (χ4v) is 1.22. The van der Waals surface area contributed by atoms with Crippen molar-refractivity contribution in [3.63, 3.8) is 0 Å². The zero-order valence-electron chi connectivity index (χ0n) is 9.26. The van der Waals surface area contributed by atoms with E-state index in [9.17, 15) is 4.79 Å². The number of nitrogens with two attached hydrogens (primary N) is 1. The molecule has 0 radical (unpaired) electrons. The highest BCUT2D eigenvalue weighted by atomic mass is 16.5. The number of ether oxygens (including phenoxy) is 2. The smallest absolute Gasteiger partial charge is 0.339 e. The van der Waals surface area contributed by atoms with Gasteiger partial charge >= 0.3 is 5.97 Å². The molecule has 0 fully saturated rings. The molecule has 6 heteroatoms. The number of benzene rings is 1. The van der Waals surface area contributed by atoms with E-state index in [-0.39, 0.29) is 37.7 Å². The Kier molecular flexibility index (Phi) is 5.25. The van der Waals surface area contributed by atoms with Crippen molar-refractivity contribution in [2.45, 2.75) is 0 Å². The molecule has 0 aliphatic carbocycles. The molecule has 1 rings (SSSR count). The average Bonchev–Trinajstić information content (AvgIpc) is 2.30. The summed E-state index contributed by atoms with van der Waals surface area (Å²) in [6, 6.07) is 4.41. The molecule has 0 aliphatic heterocycles. The maximum atomic E-state index is 10.9. The third kappa shape index (κ3) is 4.29. The van der Waals surface area contributed by atoms with Crippen LogP contribution in [0.2, 0.25) is 0 Å². The maximum Gasteiger partial charge on any atom is 0.339 e. The minimum absolute atomic E-state index is 0.0205. The van der Waals surface area contributed by atoms with E-state index in [1.165, 1.54) is 12.1 Å². The van der Waals surface area contributed by atoms with Crippen LogP contribution in [0.25, 0.3) is 0 Å². The Bertz CT molecular complexity index is 380. The molecule has 0 amide bonds. The van der Waals surface area contributed by atoms with E-state index in [1.54, 1.807) is 6.07 Å². The number of carboxylic acid groups (broad SMARTS) is 1. The van der Waals surface area contributed by atoms with Gasteiger partial charge in [-0.05, 0) is 18.2 Å². The monoisotopic (exact) mass is 241 g/mol. The minimum Gasteiger partial charge on any atom is -0.490 e. The molecule has 1 aromatic carbocycles. The second-order valence-corrected chi connectivity index (χ2v) is 3.25. The fourth-order valence-electron chi connectivity index (χ4n) is 1.22. The molecule has 0 atom stereocenters. The van der Waals surface area contributed by atoms with Gasteiger partial charge in [-0.2, -0.15) is 0 Å². The van der Waals surface area contributed by atoms with Crippen LogP contribution < -0.4 is 10.5 Å². The van der Waals surface area contributed by atoms with Crippen molar-refractivity contribution >= 4 is 11.7 Å². The van der Waals surface area contributed by atoms with E-state index < -0.39 is 5.97 Å². The molecule has 94 valence electrons. The van der Waals surface area contributed by atoms with E-state index in [2.05, 4.69) is 0 Å². The normalized spacial score (nSPS) is 10.2. The number of carbonyl (C=O) groups is 1. The topological polar surface area (TPSA) is 102 Å². The Balaban J connectivity index is 2.55. The molecule has 0 saturated carbocycles. The van der Waals surface area contributed by atoms with Gasteiger partial charge in [-0.25, -0.2) is 4.79 Å². The first-order valence-electron chi connectivity index (χ1n) is 5.09. The first-order chi connectivity index (χ1) is 8.15. The molecule has 0 aromatic heterocycles. The number of aliphatic hydroxyl groups excluding tert-OH is 1. The molecular weight excluding hydrogens is 226 g/mol. The summed E-state index contributed by atoms with van der Waals surface area (Å²) >= 11 is 0. The van der Waals surface area contributed by atoms with Crippen molar-refractivity contribution in [2.24, 2.45) is 0 Å². The molecule has 1 aromatic rings. The van der Waals surface area contributed by atoms with Gasteiger partial charge in [0.15, 0.2) is 0 Å². The molecular formula is C11H15NO5. The van der Waals surface area contributed by atoms with Gasteiger partial charge in [0.2, 0.25) is 0 Å². The highest BCUT2D eigenvalue weighted by Crippen LogP contribution is 2.21. The fraction of sp³-hybridized carbons (Fsp3) is 0.364. The summed E-state index contributed by atoms with van der Waals surface area (Å²) in [6.07, 6.45) is 0. The van der Waals surface area contributed by atoms with Crippen LogP contribution >= 0.6 is 0 Å². The number of aliphatic hydroxyl groups is 1. The molecule has 4 N–H and O–H groups in total. The number of anilines is 1. The van der Waals surface area contributed by atoms with Crippen LogP contribution in [0.4, 0.5) is 5.69 Å². The number of aromatic carboxylic acids is 1. The Morgan fingerprint density at radius 1 is 1.29 bits per heavy atom. The van der Waals surface area contributed by atoms with E-state index in [0.717, 1.165) is 0 Å². The summed E-state index contributed by atoms with van der Waals surface area (Å²) in [5.74, 6) is -0.845. The Morgan fingerprint density at radius 3 is 2.71 bits per heavy atom. The lowest BCUT2D eigenvalue weighted by atomic mass is 10.2. The van der Waals surface area contributed by atoms with E-state index in [1.807, 2.05) is 0 Å². The standard InChI is InChI=1S/C11H15NO5/c12-8-1-2-10(9(7-8)11(14)15)17-6-5-16-4-3-13/h1-2,7,13H,3-6,12H2,(H,14,15). The summed E-state index contributed by atoms with van der Waals surface area (Å²) < 4.78 is 10.2. The second-order valence-electron chi connectivity index (χ2n) is 3.25. The third-order valence-electron chi connectivity index (χ3n) is 1.95. The van der Waals surface area contributed by atoms with Crippen LogP contribution in [0.15, 0.2) is 18.2 Å². The zero-order chi connectivity index (χ0) is 12.7. The van der Waals surface area contributed by atoms with Crippen LogP contribution in [0.5, 0.6) is 5.75 Å². The van der Waals surface area contributed by atoms with Gasteiger partial charge in [-0.15, -0.1) is 0 Å². The number of hydrogen-bond donors (Lipinski definition) is 3. The number of carboxylic acids is 1. The van der Waals surface area contributed by atoms with Crippen LogP contribution in [-0.4, -0.2) is 42.6 Å². The zero-order valence-corrected chi connectivity index (χ0v) is 9.26. The van der Waals surface area contributed by atoms with Gasteiger partial charge in [-0.3, -0.25) is 0 Å². The van der Waals surface area contributed by atoms with Crippen molar-refractivity contribution in [3.05, 3.63) is 23.8 Å². The maximum absolute atomic E-state index is 10.9. The van der Waals surface area contributed by atoms with Gasteiger partial charge < -0.3 is 25.4 Å². The summed E-state index contributed by atoms with van der Waals surface area (Å²) in [5.41, 5.74) is 5.88. The summed E-state index contributed by atoms with van der Waals surface area (Å²) in [5, 5.41) is 17.4. The first kappa shape index (κ1) is 13.3. The first-order valence-corrected chi connectivity index (χ1v) is 5.09. The summed E-state index contributed by atoms with van der Waals surface area (Å²) in [7, 11) is 0. The van der Waals surface area contributed by atoms with Gasteiger partial charge in [0.25, 0.3) is 0 Å². The van der Waals surface area contributed by atoms with Crippen molar-refractivity contribution in [1.29, 1.82) is 0 Å². The number of hydrogen-bond acceptors (Lipinski definition) is 5. The average molecular weight is 241 g/mol. The molecule has 0 heterocycles. The Hall–Kier alpha value is -1.79. The highest BCUT2D eigenvalue weighted by molar-refractivity contribution is 5.92. The Morgan fingerprint density at radius 2 is 2.06 bits per heavy atom. The molecule has 0 saturated heterocycles.